The van der Waals surface area contributed by atoms with Crippen LogP contribution in [0, 0.1) is 0 Å². The van der Waals surface area contributed by atoms with Gasteiger partial charge >= 0.3 is 0 Å². The van der Waals surface area contributed by atoms with Crippen LogP contribution in [-0.2, 0) is 10.0 Å². The van der Waals surface area contributed by atoms with Crippen LogP contribution in [0.4, 0.5) is 5.69 Å². The summed E-state index contributed by atoms with van der Waals surface area (Å²) in [5, 5.41) is 8.21. The van der Waals surface area contributed by atoms with Gasteiger partial charge in [-0.2, -0.15) is 5.10 Å². The molecule has 1 amide bonds. The van der Waals surface area contributed by atoms with E-state index in [-0.39, 0.29) is 17.7 Å². The second-order valence-corrected chi connectivity index (χ2v) is 9.87. The maximum Gasteiger partial charge on any atom is 0.274 e. The van der Waals surface area contributed by atoms with Crippen LogP contribution in [0.5, 0.6) is 0 Å². The quantitative estimate of drug-likeness (QED) is 0.614. The van der Waals surface area contributed by atoms with Gasteiger partial charge in [-0.15, -0.1) is 11.3 Å². The lowest BCUT2D eigenvalue weighted by atomic mass is 10.0. The molecule has 0 radical (unpaired) electrons. The van der Waals surface area contributed by atoms with E-state index < -0.39 is 10.0 Å². The van der Waals surface area contributed by atoms with Gasteiger partial charge in [0.15, 0.2) is 0 Å². The minimum Gasteiger partial charge on any atom is -0.284 e. The van der Waals surface area contributed by atoms with Crippen molar-refractivity contribution in [2.45, 2.75) is 19.4 Å². The molecule has 6 nitrogen and oxygen atoms in total. The maximum atomic E-state index is 13.1. The number of carbonyl (C=O) groups excluding carboxylic acids is 1. The van der Waals surface area contributed by atoms with Gasteiger partial charge in [0.05, 0.1) is 17.5 Å². The highest BCUT2D eigenvalue weighted by molar-refractivity contribution is 7.92. The lowest BCUT2D eigenvalue weighted by molar-refractivity contribution is 0.0714. The molecule has 154 valence electrons. The molecular formula is C22H21N3O3S2. The van der Waals surface area contributed by atoms with Gasteiger partial charge in [0.25, 0.3) is 5.91 Å². The molecule has 1 aliphatic rings. The standard InChI is InChI=1S/C22H21N3O3S2/c1-2-30(27,28)24-18-12-10-16(11-13-18)19-15-20(21-9-6-14-29-21)25(23-19)22(26)17-7-4-3-5-8-17/h3-14,20,24H,2,15H2,1H3/t20-/m1/s1. The number of hydrogen-bond donors (Lipinski definition) is 1. The summed E-state index contributed by atoms with van der Waals surface area (Å²) >= 11 is 1.60. The summed E-state index contributed by atoms with van der Waals surface area (Å²) in [7, 11) is -3.33. The van der Waals surface area contributed by atoms with Crippen LogP contribution in [0.15, 0.2) is 77.2 Å². The van der Waals surface area contributed by atoms with Crippen molar-refractivity contribution in [2.24, 2.45) is 5.10 Å². The third kappa shape index (κ3) is 4.29. The molecule has 0 fully saturated rings. The second-order valence-electron chi connectivity index (χ2n) is 6.88. The molecule has 0 aliphatic carbocycles. The lowest BCUT2D eigenvalue weighted by Gasteiger charge is -2.20. The van der Waals surface area contributed by atoms with Crippen LogP contribution in [-0.4, -0.2) is 30.8 Å². The van der Waals surface area contributed by atoms with E-state index in [4.69, 9.17) is 0 Å². The molecule has 0 saturated carbocycles. The van der Waals surface area contributed by atoms with Gasteiger partial charge in [0, 0.05) is 22.5 Å². The molecular weight excluding hydrogens is 418 g/mol. The van der Waals surface area contributed by atoms with Crippen molar-refractivity contribution in [1.82, 2.24) is 5.01 Å². The molecule has 1 N–H and O–H groups in total. The predicted molar refractivity (Wildman–Crippen MR) is 120 cm³/mol. The van der Waals surface area contributed by atoms with E-state index in [0.717, 1.165) is 16.2 Å². The number of carbonyl (C=O) groups is 1. The minimum absolute atomic E-state index is 0.0144. The number of nitrogens with zero attached hydrogens (tertiary/aromatic N) is 2. The Bertz CT molecular complexity index is 1160. The lowest BCUT2D eigenvalue weighted by Crippen LogP contribution is -2.26. The molecule has 4 rings (SSSR count). The highest BCUT2D eigenvalue weighted by Gasteiger charge is 2.34. The van der Waals surface area contributed by atoms with E-state index in [9.17, 15) is 13.2 Å². The number of amides is 1. The minimum atomic E-state index is -3.33. The zero-order valence-electron chi connectivity index (χ0n) is 16.4. The zero-order chi connectivity index (χ0) is 21.1. The summed E-state index contributed by atoms with van der Waals surface area (Å²) < 4.78 is 26.1. The Morgan fingerprint density at radius 1 is 1.10 bits per heavy atom. The smallest absolute Gasteiger partial charge is 0.274 e. The average Bonchev–Trinajstić information content (AvgIpc) is 3.44. The van der Waals surface area contributed by atoms with Gasteiger partial charge in [0.2, 0.25) is 10.0 Å². The summed E-state index contributed by atoms with van der Waals surface area (Å²) in [5.74, 6) is -0.128. The Morgan fingerprint density at radius 2 is 1.83 bits per heavy atom. The van der Waals surface area contributed by atoms with Crippen LogP contribution in [0.25, 0.3) is 0 Å². The number of hydrazone groups is 1. The topological polar surface area (TPSA) is 78.8 Å². The van der Waals surface area contributed by atoms with E-state index in [1.807, 2.05) is 47.8 Å². The van der Waals surface area contributed by atoms with Gasteiger partial charge in [-0.3, -0.25) is 9.52 Å². The highest BCUT2D eigenvalue weighted by atomic mass is 32.2. The molecule has 8 heteroatoms. The molecule has 0 spiro atoms. The number of thiophene rings is 1. The summed E-state index contributed by atoms with van der Waals surface area (Å²) in [4.78, 5) is 14.2. The average molecular weight is 440 g/mol. The second kappa shape index (κ2) is 8.41. The van der Waals surface area contributed by atoms with Gasteiger partial charge < -0.3 is 0 Å². The monoisotopic (exact) mass is 439 g/mol. The molecule has 2 heterocycles. The fourth-order valence-corrected chi connectivity index (χ4v) is 4.72. The van der Waals surface area contributed by atoms with Gasteiger partial charge in [-0.1, -0.05) is 36.4 Å². The van der Waals surface area contributed by atoms with E-state index >= 15 is 0 Å². The van der Waals surface area contributed by atoms with Crippen LogP contribution in [0.2, 0.25) is 0 Å². The Kier molecular flexibility index (Phi) is 5.69. The normalized spacial score (nSPS) is 16.4. The van der Waals surface area contributed by atoms with Gasteiger partial charge in [-0.25, -0.2) is 13.4 Å². The fraction of sp³-hybridized carbons (Fsp3) is 0.182. The molecule has 30 heavy (non-hydrogen) atoms. The molecule has 0 bridgehead atoms. The van der Waals surface area contributed by atoms with E-state index in [2.05, 4.69) is 9.82 Å². The summed E-state index contributed by atoms with van der Waals surface area (Å²) in [6.45, 7) is 1.59. The molecule has 1 aromatic heterocycles. The SMILES string of the molecule is CCS(=O)(=O)Nc1ccc(C2=NN(C(=O)c3ccccc3)[C@@H](c3cccs3)C2)cc1. The largest absolute Gasteiger partial charge is 0.284 e. The number of hydrogen-bond acceptors (Lipinski definition) is 5. The highest BCUT2D eigenvalue weighted by Crippen LogP contribution is 2.36. The summed E-state index contributed by atoms with van der Waals surface area (Å²) in [5.41, 5.74) is 2.75. The first-order valence-corrected chi connectivity index (χ1v) is 12.1. The summed E-state index contributed by atoms with van der Waals surface area (Å²) in [6.07, 6.45) is 0.596. The van der Waals surface area contributed by atoms with Crippen LogP contribution in [0.3, 0.4) is 0 Å². The van der Waals surface area contributed by atoms with Gasteiger partial charge in [0.1, 0.15) is 0 Å². The Morgan fingerprint density at radius 3 is 2.47 bits per heavy atom. The number of sulfonamides is 1. The Balaban J connectivity index is 1.63. The van der Waals surface area contributed by atoms with Crippen molar-refractivity contribution in [3.05, 3.63) is 88.1 Å². The van der Waals surface area contributed by atoms with Crippen LogP contribution in [0.1, 0.15) is 40.2 Å². The van der Waals surface area contributed by atoms with E-state index in [0.29, 0.717) is 17.7 Å². The number of anilines is 1. The van der Waals surface area contributed by atoms with Gasteiger partial charge in [-0.05, 0) is 48.2 Å². The predicted octanol–water partition coefficient (Wildman–Crippen LogP) is 4.50. The van der Waals surface area contributed by atoms with E-state index in [1.165, 1.54) is 0 Å². The number of rotatable bonds is 6. The molecule has 1 aliphatic heterocycles. The Labute approximate surface area is 179 Å². The molecule has 1 atom stereocenters. The first kappa shape index (κ1) is 20.3. The van der Waals surface area contributed by atoms with E-state index in [1.54, 1.807) is 47.5 Å². The Hall–Kier alpha value is -2.97. The van der Waals surface area contributed by atoms with Crippen LogP contribution >= 0.6 is 11.3 Å². The van der Waals surface area contributed by atoms with Crippen LogP contribution < -0.4 is 4.72 Å². The zero-order valence-corrected chi connectivity index (χ0v) is 18.0. The summed E-state index contributed by atoms with van der Waals surface area (Å²) in [6, 6.07) is 20.0. The van der Waals surface area contributed by atoms with Crippen molar-refractivity contribution >= 4 is 38.7 Å². The molecule has 2 aromatic carbocycles. The first-order chi connectivity index (χ1) is 14.5. The number of nitrogens with one attached hydrogen (secondary N) is 1. The molecule has 3 aromatic rings. The van der Waals surface area contributed by atoms with Crippen molar-refractivity contribution in [3.63, 3.8) is 0 Å². The molecule has 0 saturated heterocycles. The van der Waals surface area contributed by atoms with Crippen molar-refractivity contribution < 1.29 is 13.2 Å². The van der Waals surface area contributed by atoms with Crippen molar-refractivity contribution in [3.8, 4) is 0 Å². The first-order valence-electron chi connectivity index (χ1n) is 9.57. The van der Waals surface area contributed by atoms with Crippen molar-refractivity contribution in [1.29, 1.82) is 0 Å². The maximum absolute atomic E-state index is 13.1. The number of benzene rings is 2. The third-order valence-electron chi connectivity index (χ3n) is 4.88. The fourth-order valence-electron chi connectivity index (χ4n) is 3.27. The van der Waals surface area contributed by atoms with Crippen molar-refractivity contribution in [2.75, 3.05) is 10.5 Å². The third-order valence-corrected chi connectivity index (χ3v) is 7.16. The molecule has 0 unspecified atom stereocenters.